The van der Waals surface area contributed by atoms with Crippen molar-refractivity contribution in [2.45, 2.75) is 54.9 Å². The van der Waals surface area contributed by atoms with Gasteiger partial charge in [0.15, 0.2) is 0 Å². The Labute approximate surface area is 141 Å². The predicted molar refractivity (Wildman–Crippen MR) is 101 cm³/mol. The minimum absolute atomic E-state index is 0.105. The van der Waals surface area contributed by atoms with Gasteiger partial charge in [-0.05, 0) is 42.9 Å². The van der Waals surface area contributed by atoms with Crippen LogP contribution < -0.4 is 10.7 Å². The van der Waals surface area contributed by atoms with Gasteiger partial charge in [-0.25, -0.2) is 0 Å². The second kappa shape index (κ2) is 9.82. The summed E-state index contributed by atoms with van der Waals surface area (Å²) in [6, 6.07) is 5.84. The van der Waals surface area contributed by atoms with Crippen molar-refractivity contribution in [3.8, 4) is 0 Å². The lowest BCUT2D eigenvalue weighted by molar-refractivity contribution is -0.113. The van der Waals surface area contributed by atoms with Crippen molar-refractivity contribution in [3.63, 3.8) is 0 Å². The molecule has 4 nitrogen and oxygen atoms in total. The van der Waals surface area contributed by atoms with E-state index in [1.165, 1.54) is 0 Å². The van der Waals surface area contributed by atoms with Crippen LogP contribution in [0.3, 0.4) is 0 Å². The fraction of sp³-hybridized carbons (Fsp3) is 0.474. The van der Waals surface area contributed by atoms with E-state index in [9.17, 15) is 4.79 Å². The summed E-state index contributed by atoms with van der Waals surface area (Å²) in [7, 11) is 0. The Morgan fingerprint density at radius 3 is 2.39 bits per heavy atom. The Hall–Kier alpha value is -2.10. The van der Waals surface area contributed by atoms with Crippen molar-refractivity contribution in [1.82, 2.24) is 5.43 Å². The molecule has 1 aromatic carbocycles. The number of hydrogen-bond donors (Lipinski definition) is 2. The predicted octanol–water partition coefficient (Wildman–Crippen LogP) is 4.79. The maximum Gasteiger partial charge on any atom is 0.273 e. The molecule has 1 aromatic rings. The lowest BCUT2D eigenvalue weighted by atomic mass is 9.92. The van der Waals surface area contributed by atoms with E-state index in [4.69, 9.17) is 0 Å². The van der Waals surface area contributed by atoms with E-state index in [0.717, 1.165) is 23.2 Å². The third-order valence-corrected chi connectivity index (χ3v) is 3.22. The van der Waals surface area contributed by atoms with Gasteiger partial charge in [-0.3, -0.25) is 10.2 Å². The van der Waals surface area contributed by atoms with Gasteiger partial charge >= 0.3 is 0 Å². The summed E-state index contributed by atoms with van der Waals surface area (Å²) >= 11 is 0. The second-order valence-electron chi connectivity index (χ2n) is 6.35. The zero-order chi connectivity index (χ0) is 18.0. The van der Waals surface area contributed by atoms with Gasteiger partial charge in [-0.15, -0.1) is 0 Å². The number of nitrogens with zero attached hydrogens (tertiary/aromatic N) is 1. The molecule has 0 bridgehead atoms. The van der Waals surface area contributed by atoms with Crippen molar-refractivity contribution < 1.29 is 4.79 Å². The average Bonchev–Trinajstić information content (AvgIpc) is 2.49. The molecule has 0 heterocycles. The smallest absolute Gasteiger partial charge is 0.273 e. The van der Waals surface area contributed by atoms with Crippen molar-refractivity contribution in [2.75, 3.05) is 5.32 Å². The summed E-state index contributed by atoms with van der Waals surface area (Å²) in [6.45, 7) is 17.7. The Bertz CT molecular complexity index is 554. The van der Waals surface area contributed by atoms with Crippen molar-refractivity contribution in [3.05, 3.63) is 41.1 Å². The average molecular weight is 317 g/mol. The Morgan fingerprint density at radius 1 is 1.26 bits per heavy atom. The van der Waals surface area contributed by atoms with Crippen molar-refractivity contribution in [1.29, 1.82) is 0 Å². The van der Waals surface area contributed by atoms with E-state index in [0.29, 0.717) is 5.70 Å². The van der Waals surface area contributed by atoms with Crippen molar-refractivity contribution in [2.24, 2.45) is 10.5 Å². The van der Waals surface area contributed by atoms with Gasteiger partial charge in [0.1, 0.15) is 5.70 Å². The number of allylic oxidation sites excluding steroid dienone is 1. The van der Waals surface area contributed by atoms with Crippen molar-refractivity contribution >= 4 is 18.3 Å². The second-order valence-corrected chi connectivity index (χ2v) is 6.35. The van der Waals surface area contributed by atoms with Gasteiger partial charge in [0.2, 0.25) is 0 Å². The molecule has 0 aliphatic heterocycles. The molecular formula is C19H31N3O. The first-order valence-corrected chi connectivity index (χ1v) is 8.04. The van der Waals surface area contributed by atoms with Crippen LogP contribution in [0.5, 0.6) is 0 Å². The topological polar surface area (TPSA) is 53.5 Å². The van der Waals surface area contributed by atoms with E-state index in [1.807, 2.05) is 52.0 Å². The molecule has 0 spiro atoms. The standard InChI is InChI=1S/C17H25N3O.C2H6/c1-12-8-7-9-14(13(12)2)19-16(21)15(20-18-6)10-11-17(3,4)5;1-2/h7-10,20H,6,11H2,1-5H3,(H,19,21);1-2H3/b15-10-;. The zero-order valence-corrected chi connectivity index (χ0v) is 15.6. The molecule has 0 unspecified atom stereocenters. The quantitative estimate of drug-likeness (QED) is 0.466. The third kappa shape index (κ3) is 7.63. The monoisotopic (exact) mass is 317 g/mol. The van der Waals surface area contributed by atoms with Crippen LogP contribution in [0, 0.1) is 19.3 Å². The van der Waals surface area contributed by atoms with Gasteiger partial charge in [0.25, 0.3) is 5.91 Å². The van der Waals surface area contributed by atoms with Crippen LogP contribution in [0.25, 0.3) is 0 Å². The Kier molecular flexibility index (Phi) is 8.93. The molecule has 0 atom stereocenters. The summed E-state index contributed by atoms with van der Waals surface area (Å²) < 4.78 is 0. The van der Waals surface area contributed by atoms with E-state index >= 15 is 0 Å². The van der Waals surface area contributed by atoms with Gasteiger partial charge < -0.3 is 5.32 Å². The molecule has 0 aliphatic carbocycles. The highest BCUT2D eigenvalue weighted by molar-refractivity contribution is 6.03. The molecule has 0 saturated carbocycles. The van der Waals surface area contributed by atoms with Gasteiger partial charge in [0.05, 0.1) is 0 Å². The fourth-order valence-electron chi connectivity index (χ4n) is 1.76. The van der Waals surface area contributed by atoms with Crippen LogP contribution >= 0.6 is 0 Å². The third-order valence-electron chi connectivity index (χ3n) is 3.22. The SMILES string of the molecule is C=NN/C(=C\CC(C)(C)C)C(=O)Nc1cccc(C)c1C.CC. The highest BCUT2D eigenvalue weighted by atomic mass is 16.2. The number of rotatable bonds is 5. The minimum Gasteiger partial charge on any atom is -0.320 e. The number of nitrogens with one attached hydrogen (secondary N) is 2. The van der Waals surface area contributed by atoms with Crippen LogP contribution in [0.1, 0.15) is 52.2 Å². The molecule has 4 heteroatoms. The van der Waals surface area contributed by atoms with Gasteiger partial charge in [-0.2, -0.15) is 5.10 Å². The highest BCUT2D eigenvalue weighted by Crippen LogP contribution is 2.21. The molecule has 128 valence electrons. The maximum absolute atomic E-state index is 12.4. The molecule has 2 N–H and O–H groups in total. The van der Waals surface area contributed by atoms with E-state index < -0.39 is 0 Å². The molecule has 0 saturated heterocycles. The van der Waals surface area contributed by atoms with Gasteiger partial charge in [-0.1, -0.05) is 52.8 Å². The fourth-order valence-corrected chi connectivity index (χ4v) is 1.76. The molecule has 0 radical (unpaired) electrons. The molecule has 1 rings (SSSR count). The molecule has 0 aliphatic rings. The first-order valence-electron chi connectivity index (χ1n) is 8.04. The number of hydrazone groups is 1. The zero-order valence-electron chi connectivity index (χ0n) is 15.6. The van der Waals surface area contributed by atoms with Gasteiger partial charge in [0, 0.05) is 12.4 Å². The number of carbonyl (C=O) groups excluding carboxylic acids is 1. The van der Waals surface area contributed by atoms with Crippen LogP contribution in [0.15, 0.2) is 35.1 Å². The van der Waals surface area contributed by atoms with Crippen LogP contribution in [-0.4, -0.2) is 12.6 Å². The number of hydrogen-bond acceptors (Lipinski definition) is 3. The molecular weight excluding hydrogens is 286 g/mol. The number of benzene rings is 1. The van der Waals surface area contributed by atoms with E-state index in [1.54, 1.807) is 0 Å². The molecule has 1 amide bonds. The van der Waals surface area contributed by atoms with Crippen LogP contribution in [-0.2, 0) is 4.79 Å². The van der Waals surface area contributed by atoms with Crippen LogP contribution in [0.4, 0.5) is 5.69 Å². The van der Waals surface area contributed by atoms with Crippen LogP contribution in [0.2, 0.25) is 0 Å². The number of carbonyl (C=O) groups is 1. The Balaban J connectivity index is 0.00000232. The minimum atomic E-state index is -0.208. The summed E-state index contributed by atoms with van der Waals surface area (Å²) in [4.78, 5) is 12.4. The lowest BCUT2D eigenvalue weighted by Crippen LogP contribution is -2.23. The maximum atomic E-state index is 12.4. The Morgan fingerprint density at radius 2 is 1.87 bits per heavy atom. The van der Waals surface area contributed by atoms with E-state index in [-0.39, 0.29) is 11.3 Å². The summed E-state index contributed by atoms with van der Waals surface area (Å²) in [5.74, 6) is -0.208. The highest BCUT2D eigenvalue weighted by Gasteiger charge is 2.14. The number of anilines is 1. The first kappa shape index (κ1) is 20.9. The largest absolute Gasteiger partial charge is 0.320 e. The summed E-state index contributed by atoms with van der Waals surface area (Å²) in [6.07, 6.45) is 2.63. The van der Waals surface area contributed by atoms with E-state index in [2.05, 4.69) is 43.3 Å². The first-order chi connectivity index (χ1) is 10.7. The normalized spacial score (nSPS) is 11.2. The number of amides is 1. The molecule has 23 heavy (non-hydrogen) atoms. The lowest BCUT2D eigenvalue weighted by Gasteiger charge is -2.17. The summed E-state index contributed by atoms with van der Waals surface area (Å²) in [5.41, 5.74) is 6.21. The summed E-state index contributed by atoms with van der Waals surface area (Å²) in [5, 5.41) is 6.52. The molecule has 0 fully saturated rings. The molecule has 0 aromatic heterocycles. The number of aryl methyl sites for hydroxylation is 1.